The lowest BCUT2D eigenvalue weighted by Crippen LogP contribution is -2.28. The summed E-state index contributed by atoms with van der Waals surface area (Å²) < 4.78 is 0. The summed E-state index contributed by atoms with van der Waals surface area (Å²) in [6.07, 6.45) is 6.12. The summed E-state index contributed by atoms with van der Waals surface area (Å²) in [7, 11) is 0. The number of amides is 2. The second-order valence-corrected chi connectivity index (χ2v) is 7.20. The Balaban J connectivity index is 1.57. The zero-order valence-electron chi connectivity index (χ0n) is 15.4. The van der Waals surface area contributed by atoms with Crippen molar-refractivity contribution in [2.75, 3.05) is 36.4 Å². The quantitative estimate of drug-likeness (QED) is 0.829. The van der Waals surface area contributed by atoms with Crippen molar-refractivity contribution >= 4 is 34.1 Å². The minimum Gasteiger partial charge on any atom is -0.370 e. The largest absolute Gasteiger partial charge is 0.370 e. The molecular weight excluding hydrogens is 340 g/mol. The molecule has 3 heterocycles. The van der Waals surface area contributed by atoms with Crippen LogP contribution >= 0.6 is 0 Å². The highest BCUT2D eigenvalue weighted by Crippen LogP contribution is 2.33. The Morgan fingerprint density at radius 1 is 1.30 bits per heavy atom. The van der Waals surface area contributed by atoms with Gasteiger partial charge < -0.3 is 15.1 Å². The van der Waals surface area contributed by atoms with Crippen molar-refractivity contribution in [1.82, 2.24) is 9.88 Å². The maximum absolute atomic E-state index is 12.7. The molecule has 2 aromatic rings. The van der Waals surface area contributed by atoms with E-state index in [1.807, 2.05) is 24.3 Å². The Labute approximate surface area is 158 Å². The predicted molar refractivity (Wildman–Crippen MR) is 107 cm³/mol. The van der Waals surface area contributed by atoms with Crippen molar-refractivity contribution in [2.24, 2.45) is 5.92 Å². The number of hydrogen-bond donors (Lipinski definition) is 1. The van der Waals surface area contributed by atoms with E-state index in [0.29, 0.717) is 13.1 Å². The van der Waals surface area contributed by atoms with Gasteiger partial charge in [-0.05, 0) is 37.1 Å². The zero-order chi connectivity index (χ0) is 18.8. The van der Waals surface area contributed by atoms with E-state index in [-0.39, 0.29) is 24.2 Å². The molecule has 0 bridgehead atoms. The molecule has 2 saturated heterocycles. The van der Waals surface area contributed by atoms with Gasteiger partial charge in [0.15, 0.2) is 0 Å². The molecule has 1 unspecified atom stereocenters. The van der Waals surface area contributed by atoms with Crippen LogP contribution in [0.3, 0.4) is 0 Å². The lowest BCUT2D eigenvalue weighted by atomic mass is 10.1. The molecule has 0 radical (unpaired) electrons. The van der Waals surface area contributed by atoms with Gasteiger partial charge >= 0.3 is 0 Å². The number of anilines is 2. The fraction of sp³-hybridized carbons (Fsp3) is 0.381. The van der Waals surface area contributed by atoms with E-state index >= 15 is 0 Å². The molecule has 6 heteroatoms. The average molecular weight is 364 g/mol. The van der Waals surface area contributed by atoms with Crippen molar-refractivity contribution in [3.8, 4) is 0 Å². The molecule has 1 N–H and O–H groups in total. The van der Waals surface area contributed by atoms with Gasteiger partial charge in [-0.15, -0.1) is 6.58 Å². The molecule has 27 heavy (non-hydrogen) atoms. The molecule has 1 aromatic heterocycles. The van der Waals surface area contributed by atoms with Crippen molar-refractivity contribution < 1.29 is 9.59 Å². The Kier molecular flexibility index (Phi) is 4.79. The molecule has 2 amide bonds. The minimum absolute atomic E-state index is 0.00551. The second kappa shape index (κ2) is 7.39. The maximum atomic E-state index is 12.7. The molecule has 2 aliphatic heterocycles. The number of nitrogens with zero attached hydrogens (tertiary/aromatic N) is 3. The van der Waals surface area contributed by atoms with Crippen LogP contribution in [0.4, 0.5) is 11.4 Å². The summed E-state index contributed by atoms with van der Waals surface area (Å²) >= 11 is 0. The summed E-state index contributed by atoms with van der Waals surface area (Å²) in [6, 6.07) is 7.87. The second-order valence-electron chi connectivity index (χ2n) is 7.20. The normalized spacial score (nSPS) is 19.7. The first-order valence-electron chi connectivity index (χ1n) is 9.49. The Hall–Kier alpha value is -2.89. The number of rotatable bonds is 5. The van der Waals surface area contributed by atoms with Crippen LogP contribution in [0.1, 0.15) is 19.3 Å². The SMILES string of the molecule is C=CCN1CC(C(=O)Nc2ccc(N3CCCC3)c3ncccc23)CC1=O. The van der Waals surface area contributed by atoms with Crippen LogP contribution in [0, 0.1) is 5.92 Å². The van der Waals surface area contributed by atoms with Crippen molar-refractivity contribution in [3.63, 3.8) is 0 Å². The number of likely N-dealkylation sites (tertiary alicyclic amines) is 1. The maximum Gasteiger partial charge on any atom is 0.229 e. The van der Waals surface area contributed by atoms with Gasteiger partial charge in [-0.3, -0.25) is 14.6 Å². The van der Waals surface area contributed by atoms with Crippen LogP contribution in [0.25, 0.3) is 10.9 Å². The van der Waals surface area contributed by atoms with Crippen LogP contribution in [0.5, 0.6) is 0 Å². The van der Waals surface area contributed by atoms with Gasteiger partial charge in [-0.1, -0.05) is 6.08 Å². The third-order valence-electron chi connectivity index (χ3n) is 5.39. The molecule has 6 nitrogen and oxygen atoms in total. The van der Waals surface area contributed by atoms with E-state index in [2.05, 4.69) is 21.8 Å². The monoisotopic (exact) mass is 364 g/mol. The van der Waals surface area contributed by atoms with Gasteiger partial charge in [-0.2, -0.15) is 0 Å². The van der Waals surface area contributed by atoms with Crippen LogP contribution < -0.4 is 10.2 Å². The Bertz CT molecular complexity index is 889. The van der Waals surface area contributed by atoms with Gasteiger partial charge in [0.1, 0.15) is 0 Å². The van der Waals surface area contributed by atoms with E-state index in [1.54, 1.807) is 17.2 Å². The van der Waals surface area contributed by atoms with Gasteiger partial charge in [0.05, 0.1) is 22.8 Å². The topological polar surface area (TPSA) is 65.5 Å². The van der Waals surface area contributed by atoms with E-state index in [1.165, 1.54) is 12.8 Å². The molecule has 4 rings (SSSR count). The fourth-order valence-corrected chi connectivity index (χ4v) is 3.99. The van der Waals surface area contributed by atoms with Crippen LogP contribution in [0.15, 0.2) is 43.1 Å². The van der Waals surface area contributed by atoms with Gasteiger partial charge in [0, 0.05) is 44.2 Å². The lowest BCUT2D eigenvalue weighted by molar-refractivity contribution is -0.127. The highest BCUT2D eigenvalue weighted by molar-refractivity contribution is 6.06. The fourth-order valence-electron chi connectivity index (χ4n) is 3.99. The number of hydrogen-bond acceptors (Lipinski definition) is 4. The number of fused-ring (bicyclic) bond motifs is 1. The van der Waals surface area contributed by atoms with E-state index in [4.69, 9.17) is 0 Å². The number of carbonyl (C=O) groups is 2. The molecule has 0 spiro atoms. The van der Waals surface area contributed by atoms with Gasteiger partial charge in [0.2, 0.25) is 11.8 Å². The summed E-state index contributed by atoms with van der Waals surface area (Å²) in [5.74, 6) is -0.442. The standard InChI is InChI=1S/C21H24N4O2/c1-2-10-25-14-15(13-19(25)26)21(27)23-17-7-8-18(24-11-3-4-12-24)20-16(17)6-5-9-22-20/h2,5-9,15H,1,3-4,10-14H2,(H,23,27). The first kappa shape index (κ1) is 17.5. The number of benzene rings is 1. The summed E-state index contributed by atoms with van der Waals surface area (Å²) in [5, 5.41) is 3.96. The molecule has 1 atom stereocenters. The number of carbonyl (C=O) groups excluding carboxylic acids is 2. The number of nitrogens with one attached hydrogen (secondary N) is 1. The lowest BCUT2D eigenvalue weighted by Gasteiger charge is -2.21. The predicted octanol–water partition coefficient (Wildman–Crippen LogP) is 2.81. The summed E-state index contributed by atoms with van der Waals surface area (Å²) in [6.45, 7) is 6.68. The van der Waals surface area contributed by atoms with Crippen LogP contribution in [0.2, 0.25) is 0 Å². The van der Waals surface area contributed by atoms with Crippen molar-refractivity contribution in [2.45, 2.75) is 19.3 Å². The van der Waals surface area contributed by atoms with E-state index in [9.17, 15) is 9.59 Å². The molecule has 140 valence electrons. The average Bonchev–Trinajstić information content (AvgIpc) is 3.33. The van der Waals surface area contributed by atoms with Crippen LogP contribution in [-0.4, -0.2) is 47.9 Å². The zero-order valence-corrected chi connectivity index (χ0v) is 15.4. The molecule has 1 aromatic carbocycles. The van der Waals surface area contributed by atoms with Crippen molar-refractivity contribution in [1.29, 1.82) is 0 Å². The molecular formula is C21H24N4O2. The summed E-state index contributed by atoms with van der Waals surface area (Å²) in [4.78, 5) is 33.4. The van der Waals surface area contributed by atoms with Gasteiger partial charge in [0.25, 0.3) is 0 Å². The Morgan fingerprint density at radius 2 is 2.11 bits per heavy atom. The molecule has 2 fully saturated rings. The van der Waals surface area contributed by atoms with Crippen molar-refractivity contribution in [3.05, 3.63) is 43.1 Å². The minimum atomic E-state index is -0.331. The molecule has 0 aliphatic carbocycles. The first-order valence-corrected chi connectivity index (χ1v) is 9.49. The smallest absolute Gasteiger partial charge is 0.229 e. The Morgan fingerprint density at radius 3 is 2.89 bits per heavy atom. The van der Waals surface area contributed by atoms with E-state index < -0.39 is 0 Å². The van der Waals surface area contributed by atoms with Crippen LogP contribution in [-0.2, 0) is 9.59 Å². The first-order chi connectivity index (χ1) is 13.2. The summed E-state index contributed by atoms with van der Waals surface area (Å²) in [5.41, 5.74) is 2.78. The third kappa shape index (κ3) is 3.39. The highest BCUT2D eigenvalue weighted by atomic mass is 16.2. The highest BCUT2D eigenvalue weighted by Gasteiger charge is 2.33. The van der Waals surface area contributed by atoms with E-state index in [0.717, 1.165) is 35.4 Å². The molecule has 0 saturated carbocycles. The molecule has 2 aliphatic rings. The third-order valence-corrected chi connectivity index (χ3v) is 5.39. The number of aromatic nitrogens is 1. The van der Waals surface area contributed by atoms with Gasteiger partial charge in [-0.25, -0.2) is 0 Å². The number of pyridine rings is 1.